The van der Waals surface area contributed by atoms with Crippen molar-refractivity contribution in [1.82, 2.24) is 24.9 Å². The fraction of sp³-hybridized carbons (Fsp3) is 0.294. The summed E-state index contributed by atoms with van der Waals surface area (Å²) in [5.74, 6) is -0.0395. The largest absolute Gasteiger partial charge is 0.506 e. The maximum Gasteiger partial charge on any atom is 0.134 e. The molecule has 9 nitrogen and oxygen atoms in total. The minimum Gasteiger partial charge on any atom is -0.506 e. The Bertz CT molecular complexity index is 1920. The Hall–Kier alpha value is -4.07. The third kappa shape index (κ3) is 6.72. The van der Waals surface area contributed by atoms with Crippen LogP contribution in [0.5, 0.6) is 5.75 Å². The van der Waals surface area contributed by atoms with Gasteiger partial charge in [0.25, 0.3) is 0 Å². The number of phenols is 1. The molecule has 3 aromatic carbocycles. The second-order valence-electron chi connectivity index (χ2n) is 12.4. The van der Waals surface area contributed by atoms with Crippen molar-refractivity contribution in [2.75, 3.05) is 23.7 Å². The van der Waals surface area contributed by atoms with Crippen molar-refractivity contribution in [2.24, 2.45) is 0 Å². The molecule has 1 fully saturated rings. The molecule has 46 heavy (non-hydrogen) atoms. The first-order valence-electron chi connectivity index (χ1n) is 15.0. The number of halogens is 3. The van der Waals surface area contributed by atoms with Gasteiger partial charge in [0.2, 0.25) is 0 Å². The third-order valence-electron chi connectivity index (χ3n) is 8.39. The first kappa shape index (κ1) is 31.9. The summed E-state index contributed by atoms with van der Waals surface area (Å²) >= 11 is 19.1. The summed E-state index contributed by atoms with van der Waals surface area (Å²) in [6.07, 6.45) is 5.51. The number of nitriles is 1. The van der Waals surface area contributed by atoms with Crippen LogP contribution in [-0.4, -0.2) is 48.6 Å². The number of rotatable bonds is 7. The average molecular weight is 676 g/mol. The van der Waals surface area contributed by atoms with E-state index in [9.17, 15) is 10.4 Å². The number of piperidine rings is 1. The van der Waals surface area contributed by atoms with Gasteiger partial charge in [-0.2, -0.15) is 5.26 Å². The summed E-state index contributed by atoms with van der Waals surface area (Å²) in [5, 5.41) is 37.8. The van der Waals surface area contributed by atoms with E-state index >= 15 is 0 Å². The molecule has 236 valence electrons. The van der Waals surface area contributed by atoms with Gasteiger partial charge in [-0.05, 0) is 81.6 Å². The Morgan fingerprint density at radius 2 is 1.74 bits per heavy atom. The van der Waals surface area contributed by atoms with Crippen molar-refractivity contribution < 1.29 is 5.11 Å². The predicted molar refractivity (Wildman–Crippen MR) is 184 cm³/mol. The van der Waals surface area contributed by atoms with Gasteiger partial charge in [0.05, 0.1) is 45.8 Å². The normalized spacial score (nSPS) is 15.1. The van der Waals surface area contributed by atoms with Crippen LogP contribution < -0.4 is 10.6 Å². The van der Waals surface area contributed by atoms with E-state index in [0.29, 0.717) is 43.6 Å². The Morgan fingerprint density at radius 3 is 2.41 bits per heavy atom. The molecular weight excluding hydrogens is 643 g/mol. The predicted octanol–water partition coefficient (Wildman–Crippen LogP) is 8.74. The molecule has 2 aromatic heterocycles. The highest BCUT2D eigenvalue weighted by Gasteiger charge is 2.29. The van der Waals surface area contributed by atoms with E-state index in [1.54, 1.807) is 24.3 Å². The minimum atomic E-state index is -0.410. The lowest BCUT2D eigenvalue weighted by Crippen LogP contribution is -2.46. The smallest absolute Gasteiger partial charge is 0.134 e. The van der Waals surface area contributed by atoms with Crippen molar-refractivity contribution in [3.8, 4) is 11.8 Å². The molecule has 0 spiro atoms. The lowest BCUT2D eigenvalue weighted by molar-refractivity contribution is 0.0866. The van der Waals surface area contributed by atoms with Gasteiger partial charge in [-0.3, -0.25) is 9.88 Å². The summed E-state index contributed by atoms with van der Waals surface area (Å²) in [4.78, 5) is 7.18. The molecule has 5 aromatic rings. The van der Waals surface area contributed by atoms with Crippen LogP contribution in [0.3, 0.4) is 0 Å². The summed E-state index contributed by atoms with van der Waals surface area (Å²) in [6.45, 7) is 8.75. The number of nitrogens with one attached hydrogen (secondary N) is 2. The van der Waals surface area contributed by atoms with E-state index in [-0.39, 0.29) is 22.4 Å². The van der Waals surface area contributed by atoms with Gasteiger partial charge in [-0.25, -0.2) is 4.68 Å². The van der Waals surface area contributed by atoms with Crippen LogP contribution in [0.2, 0.25) is 15.1 Å². The van der Waals surface area contributed by atoms with Crippen molar-refractivity contribution in [3.63, 3.8) is 0 Å². The SMILES string of the molecule is CC(C)(C)N1CCC(n2cc([C@@H](Nc3cc(Cl)cc4c(Nc5ccc(O)c(Cl)c5)c(C#N)cnc34)c3ccc(Cl)cc3)nn2)CC1. The topological polar surface area (TPSA) is 115 Å². The third-order valence-corrected chi connectivity index (χ3v) is 9.16. The molecule has 1 aliphatic heterocycles. The van der Waals surface area contributed by atoms with E-state index in [1.807, 2.05) is 35.1 Å². The van der Waals surface area contributed by atoms with Crippen LogP contribution in [0.15, 0.2) is 67.0 Å². The van der Waals surface area contributed by atoms with E-state index in [0.717, 1.165) is 37.2 Å². The standard InChI is InChI=1S/C34H33Cl3N8O/c1-34(2,3)44-12-10-25(11-13-44)45-19-29(42-43-45)32(20-4-6-22(35)7-5-20)41-28-15-23(36)14-26-31(21(17-38)18-39-33(26)28)40-24-8-9-30(46)27(37)16-24/h4-9,14-16,18-19,25,32,41,46H,10-13H2,1-3H3,(H,39,40)/t32-/m0/s1. The molecule has 0 aliphatic carbocycles. The number of hydrogen-bond acceptors (Lipinski definition) is 8. The van der Waals surface area contributed by atoms with Crippen LogP contribution in [0.25, 0.3) is 10.9 Å². The molecule has 0 radical (unpaired) electrons. The fourth-order valence-electron chi connectivity index (χ4n) is 5.87. The Balaban J connectivity index is 1.38. The fourth-order valence-corrected chi connectivity index (χ4v) is 6.39. The molecular formula is C34H33Cl3N8O. The maximum atomic E-state index is 9.95. The summed E-state index contributed by atoms with van der Waals surface area (Å²) in [7, 11) is 0. The van der Waals surface area contributed by atoms with Crippen LogP contribution in [0, 0.1) is 11.3 Å². The minimum absolute atomic E-state index is 0.0395. The van der Waals surface area contributed by atoms with Gasteiger partial charge >= 0.3 is 0 Å². The molecule has 6 rings (SSSR count). The average Bonchev–Trinajstić information content (AvgIpc) is 3.52. The lowest BCUT2D eigenvalue weighted by atomic mass is 9.98. The number of likely N-dealkylation sites (tertiary alicyclic amines) is 1. The van der Waals surface area contributed by atoms with Gasteiger partial charge in [-0.15, -0.1) is 5.10 Å². The molecule has 0 unspecified atom stereocenters. The van der Waals surface area contributed by atoms with Gasteiger partial charge in [0.15, 0.2) is 0 Å². The molecule has 1 saturated heterocycles. The summed E-state index contributed by atoms with van der Waals surface area (Å²) in [5.41, 5.74) is 4.46. The van der Waals surface area contributed by atoms with Gasteiger partial charge in [0.1, 0.15) is 17.5 Å². The van der Waals surface area contributed by atoms with Crippen LogP contribution in [-0.2, 0) is 0 Å². The summed E-state index contributed by atoms with van der Waals surface area (Å²) in [6, 6.07) is 18.0. The number of pyridine rings is 1. The first-order valence-corrected chi connectivity index (χ1v) is 16.1. The molecule has 12 heteroatoms. The number of anilines is 3. The molecule has 0 bridgehead atoms. The maximum absolute atomic E-state index is 9.95. The van der Waals surface area contributed by atoms with Crippen molar-refractivity contribution in [1.29, 1.82) is 5.26 Å². The van der Waals surface area contributed by atoms with Crippen LogP contribution in [0.1, 0.15) is 62.5 Å². The summed E-state index contributed by atoms with van der Waals surface area (Å²) < 4.78 is 1.98. The number of aromatic nitrogens is 4. The number of aromatic hydroxyl groups is 1. The molecule has 3 heterocycles. The van der Waals surface area contributed by atoms with E-state index in [4.69, 9.17) is 34.8 Å². The Labute approximate surface area is 282 Å². The molecule has 0 saturated carbocycles. The molecule has 0 amide bonds. The quantitative estimate of drug-likeness (QED) is 0.147. The van der Waals surface area contributed by atoms with E-state index in [1.165, 1.54) is 12.3 Å². The molecule has 1 aliphatic rings. The number of fused-ring (bicyclic) bond motifs is 1. The zero-order valence-corrected chi connectivity index (χ0v) is 27.9. The monoisotopic (exact) mass is 674 g/mol. The van der Waals surface area contributed by atoms with E-state index < -0.39 is 6.04 Å². The van der Waals surface area contributed by atoms with Gasteiger partial charge in [-0.1, -0.05) is 52.1 Å². The second kappa shape index (κ2) is 13.0. The Morgan fingerprint density at radius 1 is 1.00 bits per heavy atom. The Kier molecular flexibility index (Phi) is 8.99. The zero-order valence-electron chi connectivity index (χ0n) is 25.6. The molecule has 1 atom stereocenters. The zero-order chi connectivity index (χ0) is 32.6. The number of phenolic OH excluding ortho intramolecular Hbond substituents is 1. The molecule has 3 N–H and O–H groups in total. The number of hydrogen-bond donors (Lipinski definition) is 3. The van der Waals surface area contributed by atoms with Gasteiger partial charge in [0, 0.05) is 45.9 Å². The number of nitrogens with zero attached hydrogens (tertiary/aromatic N) is 6. The highest BCUT2D eigenvalue weighted by Crippen LogP contribution is 2.38. The van der Waals surface area contributed by atoms with Crippen molar-refractivity contribution in [3.05, 3.63) is 98.9 Å². The van der Waals surface area contributed by atoms with Gasteiger partial charge < -0.3 is 15.7 Å². The van der Waals surface area contributed by atoms with Crippen LogP contribution in [0.4, 0.5) is 17.1 Å². The van der Waals surface area contributed by atoms with Crippen molar-refractivity contribution >= 4 is 62.8 Å². The second-order valence-corrected chi connectivity index (χ2v) is 13.7. The van der Waals surface area contributed by atoms with Crippen LogP contribution >= 0.6 is 34.8 Å². The number of benzene rings is 3. The van der Waals surface area contributed by atoms with E-state index in [2.05, 4.69) is 57.7 Å². The highest BCUT2D eigenvalue weighted by molar-refractivity contribution is 6.33. The highest BCUT2D eigenvalue weighted by atomic mass is 35.5. The first-order chi connectivity index (χ1) is 22.0. The lowest BCUT2D eigenvalue weighted by Gasteiger charge is -2.40. The van der Waals surface area contributed by atoms with Crippen molar-refractivity contribution in [2.45, 2.75) is 51.2 Å².